The number of halogens is 1. The Hall–Kier alpha value is -2.73. The van der Waals surface area contributed by atoms with E-state index in [2.05, 4.69) is 0 Å². The largest absolute Gasteiger partial charge is 0.493 e. The standard InChI is InChI=1S/C27H33ClN2O4/c1-18(2)34-23-13-10-20(16-24(23)33-3)26-27(32)30(22-6-4-5-7-22)17-25(31)29(26)15-14-19-8-11-21(28)12-9-19/h8-13,16,18,22,26H,4-7,14-15,17H2,1-3H3. The topological polar surface area (TPSA) is 59.1 Å². The number of hydrogen-bond acceptors (Lipinski definition) is 4. The molecule has 0 aromatic heterocycles. The van der Waals surface area contributed by atoms with Gasteiger partial charge in [0, 0.05) is 17.6 Å². The molecule has 2 aromatic rings. The van der Waals surface area contributed by atoms with E-state index in [-0.39, 0.29) is 30.5 Å². The summed E-state index contributed by atoms with van der Waals surface area (Å²) in [7, 11) is 1.59. The molecule has 2 aromatic carbocycles. The highest BCUT2D eigenvalue weighted by Crippen LogP contribution is 2.37. The first kappa shape index (κ1) is 24.4. The highest BCUT2D eigenvalue weighted by atomic mass is 35.5. The molecule has 2 amide bonds. The number of rotatable bonds is 8. The third kappa shape index (κ3) is 5.33. The van der Waals surface area contributed by atoms with E-state index in [0.717, 1.165) is 36.8 Å². The molecule has 7 heteroatoms. The van der Waals surface area contributed by atoms with Crippen LogP contribution < -0.4 is 9.47 Å². The molecule has 1 atom stereocenters. The van der Waals surface area contributed by atoms with Crippen LogP contribution in [0.25, 0.3) is 0 Å². The summed E-state index contributed by atoms with van der Waals surface area (Å²) in [5.41, 5.74) is 1.81. The average Bonchev–Trinajstić information content (AvgIpc) is 3.35. The highest BCUT2D eigenvalue weighted by Gasteiger charge is 2.43. The van der Waals surface area contributed by atoms with Gasteiger partial charge in [-0.3, -0.25) is 9.59 Å². The maximum atomic E-state index is 13.8. The Morgan fingerprint density at radius 2 is 1.74 bits per heavy atom. The predicted molar refractivity (Wildman–Crippen MR) is 132 cm³/mol. The lowest BCUT2D eigenvalue weighted by Gasteiger charge is -2.43. The molecule has 0 N–H and O–H groups in total. The van der Waals surface area contributed by atoms with Gasteiger partial charge in [0.1, 0.15) is 12.6 Å². The number of nitrogens with zero attached hydrogens (tertiary/aromatic N) is 2. The lowest BCUT2D eigenvalue weighted by Crippen LogP contribution is -2.58. The van der Waals surface area contributed by atoms with Gasteiger partial charge in [-0.1, -0.05) is 42.6 Å². The Morgan fingerprint density at radius 3 is 2.38 bits per heavy atom. The van der Waals surface area contributed by atoms with E-state index >= 15 is 0 Å². The van der Waals surface area contributed by atoms with Crippen molar-refractivity contribution in [3.63, 3.8) is 0 Å². The molecule has 1 saturated carbocycles. The average molecular weight is 485 g/mol. The van der Waals surface area contributed by atoms with Crippen molar-refractivity contribution in [3.8, 4) is 11.5 Å². The van der Waals surface area contributed by atoms with Crippen molar-refractivity contribution in [2.24, 2.45) is 0 Å². The van der Waals surface area contributed by atoms with Gasteiger partial charge in [0.15, 0.2) is 11.5 Å². The molecule has 1 heterocycles. The first-order valence-electron chi connectivity index (χ1n) is 12.1. The summed E-state index contributed by atoms with van der Waals surface area (Å²) in [6, 6.07) is 12.6. The second kappa shape index (κ2) is 10.7. The van der Waals surface area contributed by atoms with Crippen molar-refractivity contribution in [3.05, 3.63) is 58.6 Å². The van der Waals surface area contributed by atoms with Gasteiger partial charge in [-0.2, -0.15) is 0 Å². The molecule has 4 rings (SSSR count). The Labute approximate surface area is 206 Å². The Kier molecular flexibility index (Phi) is 7.67. The fourth-order valence-electron chi connectivity index (χ4n) is 4.96. The lowest BCUT2D eigenvalue weighted by molar-refractivity contribution is -0.158. The van der Waals surface area contributed by atoms with Gasteiger partial charge in [-0.05, 0) is 68.5 Å². The third-order valence-corrected chi connectivity index (χ3v) is 6.89. The summed E-state index contributed by atoms with van der Waals surface area (Å²) in [5, 5.41) is 0.675. The van der Waals surface area contributed by atoms with Crippen molar-refractivity contribution in [2.45, 2.75) is 64.1 Å². The van der Waals surface area contributed by atoms with E-state index in [0.29, 0.717) is 29.5 Å². The van der Waals surface area contributed by atoms with Gasteiger partial charge in [-0.25, -0.2) is 0 Å². The summed E-state index contributed by atoms with van der Waals surface area (Å²) in [4.78, 5) is 30.7. The van der Waals surface area contributed by atoms with Crippen LogP contribution in [-0.4, -0.2) is 54.0 Å². The van der Waals surface area contributed by atoms with Crippen LogP contribution in [0.15, 0.2) is 42.5 Å². The van der Waals surface area contributed by atoms with E-state index in [1.54, 1.807) is 12.0 Å². The van der Waals surface area contributed by atoms with E-state index in [4.69, 9.17) is 21.1 Å². The number of carbonyl (C=O) groups excluding carboxylic acids is 2. The molecule has 1 saturated heterocycles. The van der Waals surface area contributed by atoms with E-state index in [1.807, 2.05) is 61.2 Å². The zero-order valence-electron chi connectivity index (χ0n) is 20.1. The van der Waals surface area contributed by atoms with Crippen molar-refractivity contribution in [1.29, 1.82) is 0 Å². The Balaban J connectivity index is 1.65. The second-order valence-corrected chi connectivity index (χ2v) is 9.78. The van der Waals surface area contributed by atoms with Crippen LogP contribution in [0.1, 0.15) is 56.7 Å². The molecule has 2 aliphatic rings. The number of ether oxygens (including phenoxy) is 2. The van der Waals surface area contributed by atoms with Crippen LogP contribution in [0.4, 0.5) is 0 Å². The van der Waals surface area contributed by atoms with E-state index in [1.165, 1.54) is 0 Å². The molecule has 182 valence electrons. The third-order valence-electron chi connectivity index (χ3n) is 6.64. The molecule has 0 bridgehead atoms. The van der Waals surface area contributed by atoms with Gasteiger partial charge >= 0.3 is 0 Å². The second-order valence-electron chi connectivity index (χ2n) is 9.35. The maximum absolute atomic E-state index is 13.8. The minimum absolute atomic E-state index is 0.00799. The van der Waals surface area contributed by atoms with E-state index in [9.17, 15) is 9.59 Å². The molecule has 6 nitrogen and oxygen atoms in total. The van der Waals surface area contributed by atoms with Gasteiger partial charge in [0.2, 0.25) is 5.91 Å². The van der Waals surface area contributed by atoms with Crippen LogP contribution >= 0.6 is 11.6 Å². The first-order chi connectivity index (χ1) is 16.4. The zero-order chi connectivity index (χ0) is 24.2. The van der Waals surface area contributed by atoms with Gasteiger partial charge in [0.25, 0.3) is 5.91 Å². The van der Waals surface area contributed by atoms with Crippen LogP contribution in [0.3, 0.4) is 0 Å². The smallest absolute Gasteiger partial charge is 0.250 e. The first-order valence-corrected chi connectivity index (χ1v) is 12.4. The van der Waals surface area contributed by atoms with E-state index < -0.39 is 6.04 Å². The Bertz CT molecular complexity index is 1020. The van der Waals surface area contributed by atoms with Crippen molar-refractivity contribution in [2.75, 3.05) is 20.2 Å². The molecular weight excluding hydrogens is 452 g/mol. The van der Waals surface area contributed by atoms with Crippen molar-refractivity contribution in [1.82, 2.24) is 9.80 Å². The number of amides is 2. The molecule has 1 unspecified atom stereocenters. The predicted octanol–water partition coefficient (Wildman–Crippen LogP) is 5.03. The summed E-state index contributed by atoms with van der Waals surface area (Å²) >= 11 is 6.02. The number of piperazine rings is 1. The van der Waals surface area contributed by atoms with Crippen LogP contribution in [-0.2, 0) is 16.0 Å². The summed E-state index contributed by atoms with van der Waals surface area (Å²) in [5.74, 6) is 1.15. The summed E-state index contributed by atoms with van der Waals surface area (Å²) in [6.07, 6.45) is 4.75. The molecule has 0 spiro atoms. The SMILES string of the molecule is COc1cc(C2C(=O)N(C3CCCC3)CC(=O)N2CCc2ccc(Cl)cc2)ccc1OC(C)C. The fourth-order valence-corrected chi connectivity index (χ4v) is 5.08. The number of hydrogen-bond donors (Lipinski definition) is 0. The summed E-state index contributed by atoms with van der Waals surface area (Å²) in [6.45, 7) is 4.50. The minimum Gasteiger partial charge on any atom is -0.493 e. The summed E-state index contributed by atoms with van der Waals surface area (Å²) < 4.78 is 11.4. The number of benzene rings is 2. The number of methoxy groups -OCH3 is 1. The molecule has 1 aliphatic heterocycles. The Morgan fingerprint density at radius 1 is 1.03 bits per heavy atom. The maximum Gasteiger partial charge on any atom is 0.250 e. The van der Waals surface area contributed by atoms with Crippen LogP contribution in [0, 0.1) is 0 Å². The quantitative estimate of drug-likeness (QED) is 0.527. The van der Waals surface area contributed by atoms with Crippen molar-refractivity contribution < 1.29 is 19.1 Å². The normalized spacial score (nSPS) is 19.3. The van der Waals surface area contributed by atoms with Crippen molar-refractivity contribution >= 4 is 23.4 Å². The molecule has 34 heavy (non-hydrogen) atoms. The monoisotopic (exact) mass is 484 g/mol. The molecule has 0 radical (unpaired) electrons. The minimum atomic E-state index is -0.684. The zero-order valence-corrected chi connectivity index (χ0v) is 20.9. The highest BCUT2D eigenvalue weighted by molar-refractivity contribution is 6.30. The lowest BCUT2D eigenvalue weighted by atomic mass is 9.98. The van der Waals surface area contributed by atoms with Crippen LogP contribution in [0.5, 0.6) is 11.5 Å². The molecule has 1 aliphatic carbocycles. The van der Waals surface area contributed by atoms with Gasteiger partial charge in [-0.15, -0.1) is 0 Å². The van der Waals surface area contributed by atoms with Gasteiger partial charge < -0.3 is 19.3 Å². The van der Waals surface area contributed by atoms with Crippen LogP contribution in [0.2, 0.25) is 5.02 Å². The number of carbonyl (C=O) groups is 2. The molecular formula is C27H33ClN2O4. The fraction of sp³-hybridized carbons (Fsp3) is 0.481. The molecule has 2 fully saturated rings. The van der Waals surface area contributed by atoms with Gasteiger partial charge in [0.05, 0.1) is 13.2 Å².